The van der Waals surface area contributed by atoms with Crippen molar-refractivity contribution in [2.24, 2.45) is 0 Å². The minimum Gasteiger partial charge on any atom is -0.352 e. The van der Waals surface area contributed by atoms with Gasteiger partial charge in [0.2, 0.25) is 11.8 Å². The summed E-state index contributed by atoms with van der Waals surface area (Å²) in [6.07, 6.45) is 1.87. The second-order valence-corrected chi connectivity index (χ2v) is 5.84. The van der Waals surface area contributed by atoms with Crippen molar-refractivity contribution in [1.29, 1.82) is 0 Å². The normalized spacial score (nSPS) is 12.0. The van der Waals surface area contributed by atoms with Crippen LogP contribution in [0.5, 0.6) is 0 Å². The van der Waals surface area contributed by atoms with Gasteiger partial charge in [0, 0.05) is 19.0 Å². The van der Waals surface area contributed by atoms with Crippen molar-refractivity contribution in [3.8, 4) is 0 Å². The largest absolute Gasteiger partial charge is 0.352 e. The summed E-state index contributed by atoms with van der Waals surface area (Å²) in [5.41, 5.74) is 1.04. The minimum atomic E-state index is -0.415. The van der Waals surface area contributed by atoms with E-state index in [4.69, 9.17) is 0 Å². The van der Waals surface area contributed by atoms with E-state index < -0.39 is 6.04 Å². The number of hydrogen-bond acceptors (Lipinski definition) is 2. The molecule has 0 radical (unpaired) electrons. The standard InChI is InChI=1S/C18H28N2O2/c1-5-10-17(21)20(13-15-11-8-7-9-12-15)16(6-2)18(22)19-14(3)4/h7-9,11-12,14,16H,5-6,10,13H2,1-4H3,(H,19,22). The number of hydrogen-bond donors (Lipinski definition) is 1. The van der Waals surface area contributed by atoms with Gasteiger partial charge in [-0.1, -0.05) is 44.2 Å². The van der Waals surface area contributed by atoms with Gasteiger partial charge in [-0.15, -0.1) is 0 Å². The molecule has 0 saturated heterocycles. The number of rotatable bonds is 8. The van der Waals surface area contributed by atoms with Gasteiger partial charge in [0.25, 0.3) is 0 Å². The molecule has 1 unspecified atom stereocenters. The Morgan fingerprint density at radius 1 is 1.14 bits per heavy atom. The fraction of sp³-hybridized carbons (Fsp3) is 0.556. The van der Waals surface area contributed by atoms with E-state index in [2.05, 4.69) is 5.32 Å². The van der Waals surface area contributed by atoms with E-state index in [1.165, 1.54) is 0 Å². The molecule has 1 aromatic carbocycles. The average molecular weight is 304 g/mol. The molecule has 0 aromatic heterocycles. The Morgan fingerprint density at radius 2 is 1.77 bits per heavy atom. The lowest BCUT2D eigenvalue weighted by Crippen LogP contribution is -2.50. The van der Waals surface area contributed by atoms with Crippen LogP contribution in [0.2, 0.25) is 0 Å². The summed E-state index contributed by atoms with van der Waals surface area (Å²) < 4.78 is 0. The Balaban J connectivity index is 2.96. The zero-order valence-electron chi connectivity index (χ0n) is 14.1. The maximum Gasteiger partial charge on any atom is 0.243 e. The molecular formula is C18H28N2O2. The summed E-state index contributed by atoms with van der Waals surface area (Å²) in [4.78, 5) is 26.6. The number of carbonyl (C=O) groups excluding carboxylic acids is 2. The van der Waals surface area contributed by atoms with Crippen molar-refractivity contribution in [3.63, 3.8) is 0 Å². The third kappa shape index (κ3) is 5.51. The lowest BCUT2D eigenvalue weighted by molar-refractivity contribution is -0.141. The maximum absolute atomic E-state index is 12.5. The lowest BCUT2D eigenvalue weighted by Gasteiger charge is -2.31. The molecule has 1 rings (SSSR count). The molecule has 0 fully saturated rings. The molecule has 0 saturated carbocycles. The van der Waals surface area contributed by atoms with Gasteiger partial charge in [-0.25, -0.2) is 0 Å². The van der Waals surface area contributed by atoms with Gasteiger partial charge in [0.1, 0.15) is 6.04 Å². The molecular weight excluding hydrogens is 276 g/mol. The van der Waals surface area contributed by atoms with E-state index >= 15 is 0 Å². The second kappa shape index (κ2) is 9.23. The number of nitrogens with zero attached hydrogens (tertiary/aromatic N) is 1. The van der Waals surface area contributed by atoms with Crippen LogP contribution in [-0.4, -0.2) is 28.8 Å². The first-order valence-electron chi connectivity index (χ1n) is 8.13. The van der Waals surface area contributed by atoms with Gasteiger partial charge < -0.3 is 10.2 Å². The third-order valence-corrected chi connectivity index (χ3v) is 3.48. The Morgan fingerprint density at radius 3 is 2.27 bits per heavy atom. The highest BCUT2D eigenvalue weighted by Crippen LogP contribution is 2.14. The molecule has 0 heterocycles. The topological polar surface area (TPSA) is 49.4 Å². The van der Waals surface area contributed by atoms with Crippen molar-refractivity contribution in [1.82, 2.24) is 10.2 Å². The molecule has 4 nitrogen and oxygen atoms in total. The van der Waals surface area contributed by atoms with Crippen molar-refractivity contribution in [2.75, 3.05) is 0 Å². The van der Waals surface area contributed by atoms with E-state index in [1.807, 2.05) is 58.0 Å². The Kier molecular flexibility index (Phi) is 7.64. The Bertz CT molecular complexity index is 471. The van der Waals surface area contributed by atoms with Crippen LogP contribution in [-0.2, 0) is 16.1 Å². The van der Waals surface area contributed by atoms with Crippen molar-refractivity contribution >= 4 is 11.8 Å². The zero-order valence-corrected chi connectivity index (χ0v) is 14.1. The minimum absolute atomic E-state index is 0.0390. The maximum atomic E-state index is 12.5. The summed E-state index contributed by atoms with van der Waals surface area (Å²) in [7, 11) is 0. The molecule has 4 heteroatoms. The highest BCUT2D eigenvalue weighted by molar-refractivity contribution is 5.87. The number of carbonyl (C=O) groups is 2. The predicted octanol–water partition coefficient (Wildman–Crippen LogP) is 3.12. The van der Waals surface area contributed by atoms with Gasteiger partial charge in [0.15, 0.2) is 0 Å². The van der Waals surface area contributed by atoms with E-state index in [0.717, 1.165) is 12.0 Å². The van der Waals surface area contributed by atoms with Crippen molar-refractivity contribution in [2.45, 2.75) is 65.6 Å². The first kappa shape index (κ1) is 18.2. The third-order valence-electron chi connectivity index (χ3n) is 3.48. The van der Waals surface area contributed by atoms with E-state index in [1.54, 1.807) is 4.90 Å². The van der Waals surface area contributed by atoms with E-state index in [0.29, 0.717) is 19.4 Å². The van der Waals surface area contributed by atoms with Gasteiger partial charge in [-0.05, 0) is 32.3 Å². The zero-order chi connectivity index (χ0) is 16.5. The molecule has 1 aromatic rings. The van der Waals surface area contributed by atoms with Crippen molar-refractivity contribution < 1.29 is 9.59 Å². The first-order chi connectivity index (χ1) is 10.5. The summed E-state index contributed by atoms with van der Waals surface area (Å²) in [6, 6.07) is 9.48. The van der Waals surface area contributed by atoms with Crippen LogP contribution < -0.4 is 5.32 Å². The molecule has 0 aliphatic rings. The predicted molar refractivity (Wildman–Crippen MR) is 89.3 cm³/mol. The molecule has 0 aliphatic carbocycles. The Labute approximate surface area is 133 Å². The smallest absolute Gasteiger partial charge is 0.243 e. The molecule has 1 N–H and O–H groups in total. The SMILES string of the molecule is CCCC(=O)N(Cc1ccccc1)C(CC)C(=O)NC(C)C. The van der Waals surface area contributed by atoms with Crippen LogP contribution in [0, 0.1) is 0 Å². The first-order valence-corrected chi connectivity index (χ1v) is 8.13. The highest BCUT2D eigenvalue weighted by Gasteiger charge is 2.28. The molecule has 1 atom stereocenters. The van der Waals surface area contributed by atoms with Crippen LogP contribution >= 0.6 is 0 Å². The van der Waals surface area contributed by atoms with Gasteiger partial charge in [-0.3, -0.25) is 9.59 Å². The average Bonchev–Trinajstić information content (AvgIpc) is 2.47. The summed E-state index contributed by atoms with van der Waals surface area (Å²) in [5.74, 6) is -0.0324. The molecule has 0 bridgehead atoms. The molecule has 0 aliphatic heterocycles. The molecule has 22 heavy (non-hydrogen) atoms. The fourth-order valence-corrected chi connectivity index (χ4v) is 2.44. The fourth-order valence-electron chi connectivity index (χ4n) is 2.44. The molecule has 122 valence electrons. The molecule has 2 amide bonds. The van der Waals surface area contributed by atoms with Crippen molar-refractivity contribution in [3.05, 3.63) is 35.9 Å². The summed E-state index contributed by atoms with van der Waals surface area (Å²) in [5, 5.41) is 2.92. The second-order valence-electron chi connectivity index (χ2n) is 5.84. The van der Waals surface area contributed by atoms with Crippen LogP contribution in [0.3, 0.4) is 0 Å². The Hall–Kier alpha value is -1.84. The van der Waals surface area contributed by atoms with Gasteiger partial charge in [-0.2, -0.15) is 0 Å². The number of benzene rings is 1. The highest BCUT2D eigenvalue weighted by atomic mass is 16.2. The monoisotopic (exact) mass is 304 g/mol. The van der Waals surface area contributed by atoms with Crippen LogP contribution in [0.15, 0.2) is 30.3 Å². The van der Waals surface area contributed by atoms with E-state index in [-0.39, 0.29) is 17.9 Å². The number of nitrogens with one attached hydrogen (secondary N) is 1. The van der Waals surface area contributed by atoms with Crippen LogP contribution in [0.25, 0.3) is 0 Å². The summed E-state index contributed by atoms with van der Waals surface area (Å²) in [6.45, 7) is 8.26. The quantitative estimate of drug-likeness (QED) is 0.802. The number of amides is 2. The van der Waals surface area contributed by atoms with Crippen LogP contribution in [0.1, 0.15) is 52.5 Å². The lowest BCUT2D eigenvalue weighted by atomic mass is 10.1. The van der Waals surface area contributed by atoms with Crippen LogP contribution in [0.4, 0.5) is 0 Å². The van der Waals surface area contributed by atoms with Gasteiger partial charge in [0.05, 0.1) is 0 Å². The summed E-state index contributed by atoms with van der Waals surface area (Å²) >= 11 is 0. The molecule has 0 spiro atoms. The van der Waals surface area contributed by atoms with Gasteiger partial charge >= 0.3 is 0 Å². The van der Waals surface area contributed by atoms with E-state index in [9.17, 15) is 9.59 Å².